The number of methoxy groups -OCH3 is 1. The third-order valence-corrected chi connectivity index (χ3v) is 3.74. The van der Waals surface area contributed by atoms with Gasteiger partial charge in [0.1, 0.15) is 0 Å². The van der Waals surface area contributed by atoms with Crippen LogP contribution < -0.4 is 5.73 Å². The van der Waals surface area contributed by atoms with Crippen molar-refractivity contribution in [1.29, 1.82) is 0 Å². The summed E-state index contributed by atoms with van der Waals surface area (Å²) in [7, 11) is 4.03. The van der Waals surface area contributed by atoms with E-state index in [1.165, 1.54) is 32.2 Å². The van der Waals surface area contributed by atoms with Crippen molar-refractivity contribution in [2.24, 2.45) is 11.7 Å². The Hall–Kier alpha value is -0.120. The van der Waals surface area contributed by atoms with Crippen LogP contribution in [0.1, 0.15) is 38.5 Å². The molecule has 0 aromatic heterocycles. The fraction of sp³-hybridized carbons (Fsp3) is 1.00. The number of hydrogen-bond acceptors (Lipinski definition) is 3. The summed E-state index contributed by atoms with van der Waals surface area (Å²) in [5.41, 5.74) is 5.58. The van der Waals surface area contributed by atoms with Gasteiger partial charge in [-0.2, -0.15) is 0 Å². The lowest BCUT2D eigenvalue weighted by Crippen LogP contribution is -2.38. The van der Waals surface area contributed by atoms with Crippen LogP contribution in [-0.4, -0.2) is 44.8 Å². The van der Waals surface area contributed by atoms with Crippen LogP contribution in [0.4, 0.5) is 0 Å². The van der Waals surface area contributed by atoms with E-state index in [0.717, 1.165) is 31.9 Å². The van der Waals surface area contributed by atoms with E-state index in [1.54, 1.807) is 7.11 Å². The minimum atomic E-state index is 0.550. The van der Waals surface area contributed by atoms with E-state index < -0.39 is 0 Å². The molecule has 0 heterocycles. The molecule has 0 amide bonds. The Labute approximate surface area is 100 Å². The lowest BCUT2D eigenvalue weighted by molar-refractivity contribution is 0.0909. The molecule has 1 atom stereocenters. The van der Waals surface area contributed by atoms with Crippen molar-refractivity contribution in [2.75, 3.05) is 33.9 Å². The first-order valence-corrected chi connectivity index (χ1v) is 6.67. The predicted molar refractivity (Wildman–Crippen MR) is 68.5 cm³/mol. The summed E-state index contributed by atoms with van der Waals surface area (Å²) in [6.07, 6.45) is 7.95. The van der Waals surface area contributed by atoms with Gasteiger partial charge >= 0.3 is 0 Å². The summed E-state index contributed by atoms with van der Waals surface area (Å²) < 4.78 is 5.30. The molecule has 0 spiro atoms. The van der Waals surface area contributed by atoms with Crippen molar-refractivity contribution in [2.45, 2.75) is 44.6 Å². The average molecular weight is 228 g/mol. The van der Waals surface area contributed by atoms with E-state index in [9.17, 15) is 0 Å². The zero-order valence-electron chi connectivity index (χ0n) is 11.0. The summed E-state index contributed by atoms with van der Waals surface area (Å²) >= 11 is 0. The van der Waals surface area contributed by atoms with Crippen molar-refractivity contribution in [1.82, 2.24) is 4.90 Å². The molecule has 0 radical (unpaired) electrons. The smallest absolute Gasteiger partial charge is 0.0617 e. The SMILES string of the molecule is COCC(CCCN)N(C)CC1CCCC1. The number of hydrogen-bond donors (Lipinski definition) is 1. The maximum absolute atomic E-state index is 5.58. The van der Waals surface area contributed by atoms with Crippen LogP contribution in [0.15, 0.2) is 0 Å². The van der Waals surface area contributed by atoms with E-state index in [0.29, 0.717) is 6.04 Å². The first-order valence-electron chi connectivity index (χ1n) is 6.67. The van der Waals surface area contributed by atoms with Gasteiger partial charge in [0.05, 0.1) is 6.61 Å². The molecule has 0 saturated heterocycles. The molecule has 96 valence electrons. The first-order chi connectivity index (χ1) is 7.77. The molecule has 1 rings (SSSR count). The Bertz CT molecular complexity index is 169. The second kappa shape index (κ2) is 8.04. The lowest BCUT2D eigenvalue weighted by atomic mass is 10.1. The molecule has 16 heavy (non-hydrogen) atoms. The van der Waals surface area contributed by atoms with E-state index in [-0.39, 0.29) is 0 Å². The van der Waals surface area contributed by atoms with E-state index in [1.807, 2.05) is 0 Å². The number of likely N-dealkylation sites (N-methyl/N-ethyl adjacent to an activating group) is 1. The van der Waals surface area contributed by atoms with Gasteiger partial charge in [0.25, 0.3) is 0 Å². The molecule has 1 aliphatic rings. The summed E-state index contributed by atoms with van der Waals surface area (Å²) in [5.74, 6) is 0.919. The molecule has 2 N–H and O–H groups in total. The Morgan fingerprint density at radius 1 is 1.38 bits per heavy atom. The summed E-state index contributed by atoms with van der Waals surface area (Å²) in [5, 5.41) is 0. The molecule has 1 unspecified atom stereocenters. The fourth-order valence-electron chi connectivity index (χ4n) is 2.73. The van der Waals surface area contributed by atoms with Gasteiger partial charge in [0.2, 0.25) is 0 Å². The minimum absolute atomic E-state index is 0.550. The highest BCUT2D eigenvalue weighted by molar-refractivity contribution is 4.75. The monoisotopic (exact) mass is 228 g/mol. The van der Waals surface area contributed by atoms with E-state index in [4.69, 9.17) is 10.5 Å². The van der Waals surface area contributed by atoms with Crippen LogP contribution in [-0.2, 0) is 4.74 Å². The van der Waals surface area contributed by atoms with Crippen molar-refractivity contribution in [3.63, 3.8) is 0 Å². The molecular weight excluding hydrogens is 200 g/mol. The van der Waals surface area contributed by atoms with Crippen molar-refractivity contribution >= 4 is 0 Å². The number of ether oxygens (including phenoxy) is 1. The third kappa shape index (κ3) is 4.81. The average Bonchev–Trinajstić information content (AvgIpc) is 2.76. The Balaban J connectivity index is 2.29. The largest absolute Gasteiger partial charge is 0.383 e. The van der Waals surface area contributed by atoms with Crippen LogP contribution in [0.2, 0.25) is 0 Å². The maximum Gasteiger partial charge on any atom is 0.0617 e. The summed E-state index contributed by atoms with van der Waals surface area (Å²) in [4.78, 5) is 2.48. The minimum Gasteiger partial charge on any atom is -0.383 e. The van der Waals surface area contributed by atoms with E-state index >= 15 is 0 Å². The fourth-order valence-corrected chi connectivity index (χ4v) is 2.73. The zero-order chi connectivity index (χ0) is 11.8. The molecule has 0 aromatic rings. The molecule has 0 aromatic carbocycles. The molecule has 0 aliphatic heterocycles. The second-order valence-corrected chi connectivity index (χ2v) is 5.13. The molecule has 1 saturated carbocycles. The van der Waals surface area contributed by atoms with Crippen molar-refractivity contribution in [3.8, 4) is 0 Å². The Morgan fingerprint density at radius 3 is 2.62 bits per heavy atom. The number of nitrogens with two attached hydrogens (primary N) is 1. The van der Waals surface area contributed by atoms with Crippen molar-refractivity contribution < 1.29 is 4.74 Å². The van der Waals surface area contributed by atoms with Crippen molar-refractivity contribution in [3.05, 3.63) is 0 Å². The quantitative estimate of drug-likeness (QED) is 0.689. The molecule has 0 bridgehead atoms. The van der Waals surface area contributed by atoms with Gasteiger partial charge in [-0.1, -0.05) is 12.8 Å². The van der Waals surface area contributed by atoms with E-state index in [2.05, 4.69) is 11.9 Å². The normalized spacial score (nSPS) is 19.5. The van der Waals surface area contributed by atoms with Gasteiger partial charge in [-0.15, -0.1) is 0 Å². The van der Waals surface area contributed by atoms with Crippen LogP contribution in [0.3, 0.4) is 0 Å². The standard InChI is InChI=1S/C13H28N2O/c1-15(10-12-6-3-4-7-12)13(11-16-2)8-5-9-14/h12-13H,3-11,14H2,1-2H3. The summed E-state index contributed by atoms with van der Waals surface area (Å²) in [6, 6.07) is 0.550. The van der Waals surface area contributed by atoms with Crippen LogP contribution >= 0.6 is 0 Å². The molecule has 3 nitrogen and oxygen atoms in total. The Morgan fingerprint density at radius 2 is 2.06 bits per heavy atom. The lowest BCUT2D eigenvalue weighted by Gasteiger charge is -2.29. The van der Waals surface area contributed by atoms with Gasteiger partial charge < -0.3 is 15.4 Å². The summed E-state index contributed by atoms with van der Waals surface area (Å²) in [6.45, 7) is 2.86. The van der Waals surface area contributed by atoms with Gasteiger partial charge in [0, 0.05) is 19.7 Å². The third-order valence-electron chi connectivity index (χ3n) is 3.74. The number of rotatable bonds is 8. The topological polar surface area (TPSA) is 38.5 Å². The van der Waals surface area contributed by atoms with Crippen LogP contribution in [0.5, 0.6) is 0 Å². The van der Waals surface area contributed by atoms with Crippen LogP contribution in [0, 0.1) is 5.92 Å². The van der Waals surface area contributed by atoms with Gasteiger partial charge in [-0.3, -0.25) is 0 Å². The predicted octanol–water partition coefficient (Wildman–Crippen LogP) is 1.86. The van der Waals surface area contributed by atoms with Crippen LogP contribution in [0.25, 0.3) is 0 Å². The van der Waals surface area contributed by atoms with Gasteiger partial charge in [-0.05, 0) is 45.2 Å². The van der Waals surface area contributed by atoms with Gasteiger partial charge in [0.15, 0.2) is 0 Å². The molecule has 3 heteroatoms. The maximum atomic E-state index is 5.58. The second-order valence-electron chi connectivity index (χ2n) is 5.13. The number of nitrogens with zero attached hydrogens (tertiary/aromatic N) is 1. The Kier molecular flexibility index (Phi) is 7.01. The highest BCUT2D eigenvalue weighted by atomic mass is 16.5. The van der Waals surface area contributed by atoms with Gasteiger partial charge in [-0.25, -0.2) is 0 Å². The first kappa shape index (κ1) is 13.9. The molecular formula is C13H28N2O. The highest BCUT2D eigenvalue weighted by Crippen LogP contribution is 2.26. The molecule has 1 aliphatic carbocycles. The highest BCUT2D eigenvalue weighted by Gasteiger charge is 2.21. The molecule has 1 fully saturated rings. The zero-order valence-corrected chi connectivity index (χ0v) is 11.0.